The Labute approximate surface area is 100 Å². The lowest BCUT2D eigenvalue weighted by Crippen LogP contribution is -2.07. The van der Waals surface area contributed by atoms with Gasteiger partial charge in [-0.2, -0.15) is 0 Å². The van der Waals surface area contributed by atoms with Crippen LogP contribution in [0.5, 0.6) is 0 Å². The maximum atomic E-state index is 5.06. The van der Waals surface area contributed by atoms with Crippen molar-refractivity contribution in [3.8, 4) is 0 Å². The molecule has 0 saturated carbocycles. The van der Waals surface area contributed by atoms with Crippen molar-refractivity contribution in [3.05, 3.63) is 36.4 Å². The highest BCUT2D eigenvalue weighted by Crippen LogP contribution is 2.17. The maximum absolute atomic E-state index is 5.06. The molecule has 0 amide bonds. The molecule has 2 heterocycles. The van der Waals surface area contributed by atoms with Crippen molar-refractivity contribution < 1.29 is 4.74 Å². The number of anilines is 2. The number of aromatic nitrogens is 3. The number of imidazole rings is 1. The van der Waals surface area contributed by atoms with Crippen molar-refractivity contribution in [2.24, 2.45) is 0 Å². The minimum Gasteiger partial charge on any atom is -0.383 e. The highest BCUT2D eigenvalue weighted by molar-refractivity contribution is 5.56. The Bertz CT molecular complexity index is 481. The molecule has 0 aliphatic rings. The standard InChI is InChI=1S/C12H16N4O/c1-10-3-4-13-9-11(10)15-12-14-5-6-16(12)7-8-17-2/h3-6,9H,7-8H2,1-2H3,(H,14,15). The van der Waals surface area contributed by atoms with Gasteiger partial charge in [-0.05, 0) is 18.6 Å². The van der Waals surface area contributed by atoms with Crippen LogP contribution in [0.4, 0.5) is 11.6 Å². The molecule has 0 radical (unpaired) electrons. The van der Waals surface area contributed by atoms with E-state index >= 15 is 0 Å². The Kier molecular flexibility index (Phi) is 3.72. The topological polar surface area (TPSA) is 52.0 Å². The van der Waals surface area contributed by atoms with Crippen LogP contribution in [0.3, 0.4) is 0 Å². The van der Waals surface area contributed by atoms with Gasteiger partial charge in [0.1, 0.15) is 0 Å². The Morgan fingerprint density at radius 1 is 1.41 bits per heavy atom. The van der Waals surface area contributed by atoms with Crippen LogP contribution in [0.2, 0.25) is 0 Å². The summed E-state index contributed by atoms with van der Waals surface area (Å²) in [7, 11) is 1.69. The van der Waals surface area contributed by atoms with Crippen LogP contribution in [0.15, 0.2) is 30.9 Å². The summed E-state index contributed by atoms with van der Waals surface area (Å²) in [5, 5.41) is 3.26. The van der Waals surface area contributed by atoms with Gasteiger partial charge in [0.2, 0.25) is 5.95 Å². The summed E-state index contributed by atoms with van der Waals surface area (Å²) in [5.41, 5.74) is 2.11. The van der Waals surface area contributed by atoms with Crippen LogP contribution in [0.1, 0.15) is 5.56 Å². The first-order chi connectivity index (χ1) is 8.31. The van der Waals surface area contributed by atoms with Crippen LogP contribution >= 0.6 is 0 Å². The second-order valence-corrected chi connectivity index (χ2v) is 3.75. The largest absolute Gasteiger partial charge is 0.383 e. The van der Waals surface area contributed by atoms with Crippen molar-refractivity contribution in [2.75, 3.05) is 19.0 Å². The number of aryl methyl sites for hydroxylation is 1. The summed E-state index contributed by atoms with van der Waals surface area (Å²) in [6, 6.07) is 1.96. The summed E-state index contributed by atoms with van der Waals surface area (Å²) in [6.45, 7) is 3.47. The Balaban J connectivity index is 2.13. The average molecular weight is 232 g/mol. The van der Waals surface area contributed by atoms with Crippen molar-refractivity contribution in [1.29, 1.82) is 0 Å². The van der Waals surface area contributed by atoms with E-state index in [1.54, 1.807) is 25.7 Å². The SMILES string of the molecule is COCCn1ccnc1Nc1cnccc1C. The van der Waals surface area contributed by atoms with Crippen LogP contribution in [0, 0.1) is 6.92 Å². The van der Waals surface area contributed by atoms with E-state index in [4.69, 9.17) is 4.74 Å². The lowest BCUT2D eigenvalue weighted by Gasteiger charge is -2.10. The van der Waals surface area contributed by atoms with Gasteiger partial charge >= 0.3 is 0 Å². The molecule has 2 rings (SSSR count). The monoisotopic (exact) mass is 232 g/mol. The molecule has 0 atom stereocenters. The van der Waals surface area contributed by atoms with Crippen molar-refractivity contribution in [2.45, 2.75) is 13.5 Å². The van der Waals surface area contributed by atoms with Gasteiger partial charge in [-0.25, -0.2) is 4.98 Å². The number of hydrogen-bond donors (Lipinski definition) is 1. The molecule has 2 aromatic rings. The first kappa shape index (κ1) is 11.6. The fourth-order valence-corrected chi connectivity index (χ4v) is 1.52. The normalized spacial score (nSPS) is 10.5. The van der Waals surface area contributed by atoms with E-state index < -0.39 is 0 Å². The Morgan fingerprint density at radius 3 is 3.06 bits per heavy atom. The summed E-state index contributed by atoms with van der Waals surface area (Å²) < 4.78 is 7.07. The number of nitrogens with one attached hydrogen (secondary N) is 1. The molecule has 0 aromatic carbocycles. The summed E-state index contributed by atoms with van der Waals surface area (Å²) >= 11 is 0. The van der Waals surface area contributed by atoms with Gasteiger partial charge in [-0.1, -0.05) is 0 Å². The van der Waals surface area contributed by atoms with Crippen molar-refractivity contribution in [3.63, 3.8) is 0 Å². The van der Waals surface area contributed by atoms with Gasteiger partial charge in [0.05, 0.1) is 18.5 Å². The maximum Gasteiger partial charge on any atom is 0.207 e. The van der Waals surface area contributed by atoms with E-state index in [0.717, 1.165) is 23.7 Å². The number of ether oxygens (including phenoxy) is 1. The summed E-state index contributed by atoms with van der Waals surface area (Å²) in [5.74, 6) is 0.804. The van der Waals surface area contributed by atoms with Crippen LogP contribution < -0.4 is 5.32 Å². The van der Waals surface area contributed by atoms with E-state index in [2.05, 4.69) is 15.3 Å². The fraction of sp³-hybridized carbons (Fsp3) is 0.333. The van der Waals surface area contributed by atoms with Gasteiger partial charge in [0, 0.05) is 32.2 Å². The van der Waals surface area contributed by atoms with Gasteiger partial charge in [-0.3, -0.25) is 4.98 Å². The van der Waals surface area contributed by atoms with Gasteiger partial charge < -0.3 is 14.6 Å². The molecule has 2 aromatic heterocycles. The van der Waals surface area contributed by atoms with E-state index in [-0.39, 0.29) is 0 Å². The van der Waals surface area contributed by atoms with Crippen molar-refractivity contribution >= 4 is 11.6 Å². The zero-order valence-corrected chi connectivity index (χ0v) is 10.1. The lowest BCUT2D eigenvalue weighted by atomic mass is 10.2. The number of rotatable bonds is 5. The predicted molar refractivity (Wildman–Crippen MR) is 66.4 cm³/mol. The second kappa shape index (κ2) is 5.45. The molecule has 0 fully saturated rings. The number of methoxy groups -OCH3 is 1. The van der Waals surface area contributed by atoms with Crippen molar-refractivity contribution in [1.82, 2.24) is 14.5 Å². The quantitative estimate of drug-likeness (QED) is 0.856. The predicted octanol–water partition coefficient (Wildman–Crippen LogP) is 1.98. The molecular weight excluding hydrogens is 216 g/mol. The molecule has 1 N–H and O–H groups in total. The molecule has 0 unspecified atom stereocenters. The highest BCUT2D eigenvalue weighted by Gasteiger charge is 2.04. The first-order valence-electron chi connectivity index (χ1n) is 5.49. The summed E-state index contributed by atoms with van der Waals surface area (Å²) in [6.07, 6.45) is 7.26. The molecule has 5 heteroatoms. The van der Waals surface area contributed by atoms with Crippen LogP contribution in [-0.4, -0.2) is 28.3 Å². The molecule has 0 saturated heterocycles. The Hall–Kier alpha value is -1.88. The smallest absolute Gasteiger partial charge is 0.207 e. The number of pyridine rings is 1. The van der Waals surface area contributed by atoms with Gasteiger partial charge in [-0.15, -0.1) is 0 Å². The first-order valence-corrected chi connectivity index (χ1v) is 5.49. The molecule has 0 bridgehead atoms. The summed E-state index contributed by atoms with van der Waals surface area (Å²) in [4.78, 5) is 8.37. The lowest BCUT2D eigenvalue weighted by molar-refractivity contribution is 0.188. The molecular formula is C12H16N4O. The van der Waals surface area contributed by atoms with E-state index in [1.165, 1.54) is 0 Å². The second-order valence-electron chi connectivity index (χ2n) is 3.75. The Morgan fingerprint density at radius 2 is 2.29 bits per heavy atom. The number of hydrogen-bond acceptors (Lipinski definition) is 4. The fourth-order valence-electron chi connectivity index (χ4n) is 1.52. The number of nitrogens with zero attached hydrogens (tertiary/aromatic N) is 3. The highest BCUT2D eigenvalue weighted by atomic mass is 16.5. The van der Waals surface area contributed by atoms with Gasteiger partial charge in [0.15, 0.2) is 0 Å². The third kappa shape index (κ3) is 2.82. The zero-order chi connectivity index (χ0) is 12.1. The van der Waals surface area contributed by atoms with Gasteiger partial charge in [0.25, 0.3) is 0 Å². The molecule has 5 nitrogen and oxygen atoms in total. The zero-order valence-electron chi connectivity index (χ0n) is 10.1. The minimum absolute atomic E-state index is 0.664. The van der Waals surface area contributed by atoms with Crippen LogP contribution in [0.25, 0.3) is 0 Å². The minimum atomic E-state index is 0.664. The average Bonchev–Trinajstić information content (AvgIpc) is 2.77. The molecule has 0 aliphatic heterocycles. The third-order valence-corrected chi connectivity index (χ3v) is 2.54. The van der Waals surface area contributed by atoms with Crippen LogP contribution in [-0.2, 0) is 11.3 Å². The van der Waals surface area contributed by atoms with E-state index in [9.17, 15) is 0 Å². The van der Waals surface area contributed by atoms with E-state index in [0.29, 0.717) is 6.61 Å². The third-order valence-electron chi connectivity index (χ3n) is 2.54. The molecule has 0 spiro atoms. The van der Waals surface area contributed by atoms with E-state index in [1.807, 2.05) is 23.8 Å². The molecule has 0 aliphatic carbocycles. The molecule has 90 valence electrons. The molecule has 17 heavy (non-hydrogen) atoms.